The van der Waals surface area contributed by atoms with Crippen molar-refractivity contribution in [2.75, 3.05) is 5.32 Å². The van der Waals surface area contributed by atoms with Gasteiger partial charge in [-0.3, -0.25) is 19.3 Å². The Hall–Kier alpha value is -3.21. The Kier molecular flexibility index (Phi) is 4.82. The van der Waals surface area contributed by atoms with Crippen LogP contribution >= 0.6 is 0 Å². The van der Waals surface area contributed by atoms with Crippen LogP contribution in [0.2, 0.25) is 0 Å². The first-order chi connectivity index (χ1) is 13.6. The molecule has 0 bridgehead atoms. The summed E-state index contributed by atoms with van der Waals surface area (Å²) in [4.78, 5) is 39.5. The summed E-state index contributed by atoms with van der Waals surface area (Å²) in [6.07, 6.45) is 5.02. The average molecular weight is 374 g/mol. The third kappa shape index (κ3) is 3.13. The summed E-state index contributed by atoms with van der Waals surface area (Å²) in [6.45, 7) is 1.61. The van der Waals surface area contributed by atoms with E-state index in [9.17, 15) is 14.4 Å². The molecule has 1 N–H and O–H groups in total. The van der Waals surface area contributed by atoms with E-state index in [-0.39, 0.29) is 29.6 Å². The Morgan fingerprint density at radius 2 is 1.50 bits per heavy atom. The number of benzene rings is 2. The number of nitrogens with zero attached hydrogens (tertiary/aromatic N) is 1. The van der Waals surface area contributed by atoms with Gasteiger partial charge in [-0.2, -0.15) is 0 Å². The predicted molar refractivity (Wildman–Crippen MR) is 107 cm³/mol. The summed E-state index contributed by atoms with van der Waals surface area (Å²) >= 11 is 0. The fourth-order valence-corrected chi connectivity index (χ4v) is 4.02. The number of imide groups is 1. The first-order valence-electron chi connectivity index (χ1n) is 9.55. The molecular weight excluding hydrogens is 352 g/mol. The van der Waals surface area contributed by atoms with E-state index in [4.69, 9.17) is 0 Å². The molecule has 1 fully saturated rings. The molecule has 2 aromatic rings. The van der Waals surface area contributed by atoms with Crippen LogP contribution in [0.15, 0.2) is 66.7 Å². The van der Waals surface area contributed by atoms with Crippen molar-refractivity contribution in [2.45, 2.75) is 25.8 Å². The zero-order valence-corrected chi connectivity index (χ0v) is 15.7. The monoisotopic (exact) mass is 374 g/mol. The van der Waals surface area contributed by atoms with Gasteiger partial charge in [0, 0.05) is 11.3 Å². The molecule has 2 aromatic carbocycles. The van der Waals surface area contributed by atoms with Crippen molar-refractivity contribution in [1.29, 1.82) is 0 Å². The molecule has 5 nitrogen and oxygen atoms in total. The quantitative estimate of drug-likeness (QED) is 0.656. The number of amides is 3. The van der Waals surface area contributed by atoms with Crippen LogP contribution < -0.4 is 5.32 Å². The standard InChI is InChI=1S/C23H22N2O3/c1-15(25-22(27)18-12-5-6-13-19(18)23(25)28)21(26)24-20-14-8-7-11-17(20)16-9-3-2-4-10-16/h2-11,14-15,18-19H,12-13H2,1H3,(H,24,26)/t15-,18-,19-/m1/s1. The van der Waals surface area contributed by atoms with E-state index in [1.165, 1.54) is 0 Å². The largest absolute Gasteiger partial charge is 0.324 e. The molecule has 1 aliphatic heterocycles. The molecule has 3 atom stereocenters. The first-order valence-corrected chi connectivity index (χ1v) is 9.55. The van der Waals surface area contributed by atoms with Crippen molar-refractivity contribution in [3.8, 4) is 11.1 Å². The van der Waals surface area contributed by atoms with Crippen LogP contribution in [-0.2, 0) is 14.4 Å². The second kappa shape index (κ2) is 7.43. The van der Waals surface area contributed by atoms with Gasteiger partial charge in [-0.15, -0.1) is 0 Å². The SMILES string of the molecule is C[C@H](C(=O)Nc1ccccc1-c1ccccc1)N1C(=O)[C@@H]2CC=CC[C@H]2C1=O. The minimum absolute atomic E-state index is 0.238. The summed E-state index contributed by atoms with van der Waals surface area (Å²) in [5, 5.41) is 2.91. The fourth-order valence-electron chi connectivity index (χ4n) is 4.02. The van der Waals surface area contributed by atoms with Crippen LogP contribution in [0.1, 0.15) is 19.8 Å². The van der Waals surface area contributed by atoms with Crippen LogP contribution in [0.3, 0.4) is 0 Å². The number of carbonyl (C=O) groups excluding carboxylic acids is 3. The number of hydrogen-bond donors (Lipinski definition) is 1. The molecule has 28 heavy (non-hydrogen) atoms. The van der Waals surface area contributed by atoms with Gasteiger partial charge in [-0.1, -0.05) is 60.7 Å². The first kappa shape index (κ1) is 18.2. The van der Waals surface area contributed by atoms with Gasteiger partial charge < -0.3 is 5.32 Å². The molecule has 0 saturated carbocycles. The second-order valence-electron chi connectivity index (χ2n) is 7.28. The highest BCUT2D eigenvalue weighted by atomic mass is 16.2. The van der Waals surface area contributed by atoms with Crippen LogP contribution in [0.4, 0.5) is 5.69 Å². The van der Waals surface area contributed by atoms with E-state index >= 15 is 0 Å². The lowest BCUT2D eigenvalue weighted by Gasteiger charge is -2.23. The normalized spacial score (nSPS) is 22.1. The Morgan fingerprint density at radius 3 is 2.14 bits per heavy atom. The summed E-state index contributed by atoms with van der Waals surface area (Å²) in [7, 11) is 0. The molecular formula is C23H22N2O3. The number of allylic oxidation sites excluding steroid dienone is 2. The van der Waals surface area contributed by atoms with E-state index in [0.29, 0.717) is 18.5 Å². The van der Waals surface area contributed by atoms with Gasteiger partial charge in [0.25, 0.3) is 0 Å². The molecule has 0 unspecified atom stereocenters. The Bertz CT molecular complexity index is 925. The molecule has 0 aromatic heterocycles. The maximum atomic E-state index is 12.9. The van der Waals surface area contributed by atoms with Gasteiger partial charge in [0.05, 0.1) is 11.8 Å². The molecule has 142 valence electrons. The molecule has 0 spiro atoms. The third-order valence-electron chi connectivity index (χ3n) is 5.58. The molecule has 1 saturated heterocycles. The van der Waals surface area contributed by atoms with E-state index in [1.54, 1.807) is 6.92 Å². The van der Waals surface area contributed by atoms with Crippen molar-refractivity contribution in [3.05, 3.63) is 66.7 Å². The van der Waals surface area contributed by atoms with Crippen LogP contribution in [0.25, 0.3) is 11.1 Å². The topological polar surface area (TPSA) is 66.5 Å². The smallest absolute Gasteiger partial charge is 0.247 e. The second-order valence-corrected chi connectivity index (χ2v) is 7.28. The number of anilines is 1. The van der Waals surface area contributed by atoms with E-state index in [2.05, 4.69) is 5.32 Å². The summed E-state index contributed by atoms with van der Waals surface area (Å²) < 4.78 is 0. The number of para-hydroxylation sites is 1. The molecule has 2 aliphatic rings. The minimum atomic E-state index is -0.852. The van der Waals surface area contributed by atoms with E-state index in [0.717, 1.165) is 16.0 Å². The van der Waals surface area contributed by atoms with Gasteiger partial charge in [0.1, 0.15) is 6.04 Å². The molecule has 3 amide bonds. The number of rotatable bonds is 4. The Morgan fingerprint density at radius 1 is 0.929 bits per heavy atom. The van der Waals surface area contributed by atoms with E-state index in [1.807, 2.05) is 66.7 Å². The molecule has 1 heterocycles. The maximum Gasteiger partial charge on any atom is 0.247 e. The Labute approximate surface area is 164 Å². The van der Waals surface area contributed by atoms with Crippen molar-refractivity contribution in [1.82, 2.24) is 4.90 Å². The van der Waals surface area contributed by atoms with Gasteiger partial charge in [-0.05, 0) is 31.4 Å². The average Bonchev–Trinajstić information content (AvgIpc) is 2.99. The lowest BCUT2D eigenvalue weighted by molar-refractivity contribution is -0.146. The minimum Gasteiger partial charge on any atom is -0.324 e. The van der Waals surface area contributed by atoms with Gasteiger partial charge >= 0.3 is 0 Å². The van der Waals surface area contributed by atoms with Crippen LogP contribution in [-0.4, -0.2) is 28.7 Å². The number of fused-ring (bicyclic) bond motifs is 1. The highest BCUT2D eigenvalue weighted by Crippen LogP contribution is 2.36. The number of hydrogen-bond acceptors (Lipinski definition) is 3. The van der Waals surface area contributed by atoms with Crippen molar-refractivity contribution in [2.24, 2.45) is 11.8 Å². The maximum absolute atomic E-state index is 12.9. The van der Waals surface area contributed by atoms with Gasteiger partial charge in [0.2, 0.25) is 17.7 Å². The number of nitrogens with one attached hydrogen (secondary N) is 1. The number of likely N-dealkylation sites (tertiary alicyclic amines) is 1. The summed E-state index contributed by atoms with van der Waals surface area (Å²) in [6, 6.07) is 16.4. The number of carbonyl (C=O) groups is 3. The van der Waals surface area contributed by atoms with Gasteiger partial charge in [-0.25, -0.2) is 0 Å². The lowest BCUT2D eigenvalue weighted by Crippen LogP contribution is -2.46. The summed E-state index contributed by atoms with van der Waals surface area (Å²) in [5.41, 5.74) is 2.53. The lowest BCUT2D eigenvalue weighted by atomic mass is 9.85. The molecule has 4 rings (SSSR count). The molecule has 5 heteroatoms. The Balaban J connectivity index is 1.55. The van der Waals surface area contributed by atoms with Crippen LogP contribution in [0, 0.1) is 11.8 Å². The highest BCUT2D eigenvalue weighted by Gasteiger charge is 2.50. The van der Waals surface area contributed by atoms with E-state index < -0.39 is 6.04 Å². The highest BCUT2D eigenvalue weighted by molar-refractivity contribution is 6.10. The van der Waals surface area contributed by atoms with Crippen molar-refractivity contribution >= 4 is 23.4 Å². The summed E-state index contributed by atoms with van der Waals surface area (Å²) in [5.74, 6) is -1.50. The third-order valence-corrected chi connectivity index (χ3v) is 5.58. The molecule has 0 radical (unpaired) electrons. The predicted octanol–water partition coefficient (Wildman–Crippen LogP) is 3.63. The fraction of sp³-hybridized carbons (Fsp3) is 0.261. The zero-order valence-electron chi connectivity index (χ0n) is 15.7. The zero-order chi connectivity index (χ0) is 19.7. The molecule has 1 aliphatic carbocycles. The van der Waals surface area contributed by atoms with Crippen LogP contribution in [0.5, 0.6) is 0 Å². The van der Waals surface area contributed by atoms with Crippen molar-refractivity contribution in [3.63, 3.8) is 0 Å². The van der Waals surface area contributed by atoms with Crippen molar-refractivity contribution < 1.29 is 14.4 Å². The van der Waals surface area contributed by atoms with Gasteiger partial charge in [0.15, 0.2) is 0 Å².